The van der Waals surface area contributed by atoms with Crippen molar-refractivity contribution in [2.45, 2.75) is 31.8 Å². The second-order valence-corrected chi connectivity index (χ2v) is 8.90. The predicted octanol–water partition coefficient (Wildman–Crippen LogP) is 4.47. The fraction of sp³-hybridized carbons (Fsp3) is 0.333. The van der Waals surface area contributed by atoms with Crippen molar-refractivity contribution in [3.8, 4) is 11.3 Å². The number of fused-ring (bicyclic) bond motifs is 1. The summed E-state index contributed by atoms with van der Waals surface area (Å²) in [5.41, 5.74) is 2.54. The van der Waals surface area contributed by atoms with Gasteiger partial charge in [0.05, 0.1) is 23.4 Å². The Hall–Kier alpha value is -3.10. The lowest BCUT2D eigenvalue weighted by Crippen LogP contribution is -2.23. The molecule has 0 saturated carbocycles. The highest BCUT2D eigenvalue weighted by Crippen LogP contribution is 2.39. The van der Waals surface area contributed by atoms with Crippen LogP contribution in [0.15, 0.2) is 41.5 Å². The molecule has 1 aliphatic rings. The van der Waals surface area contributed by atoms with Gasteiger partial charge in [-0.25, -0.2) is 9.37 Å². The van der Waals surface area contributed by atoms with E-state index in [1.165, 1.54) is 10.6 Å². The molecule has 5 rings (SSSR count). The second-order valence-electron chi connectivity index (χ2n) is 8.47. The molecule has 4 heterocycles. The summed E-state index contributed by atoms with van der Waals surface area (Å²) in [7, 11) is 3.55. The van der Waals surface area contributed by atoms with Gasteiger partial charge in [-0.2, -0.15) is 5.10 Å². The zero-order valence-corrected chi connectivity index (χ0v) is 19.3. The average molecular weight is 468 g/mol. The highest BCUT2D eigenvalue weighted by Gasteiger charge is 2.28. The van der Waals surface area contributed by atoms with Gasteiger partial charge >= 0.3 is 0 Å². The number of pyridine rings is 1. The molecule has 1 aromatic carbocycles. The summed E-state index contributed by atoms with van der Waals surface area (Å²) in [5.74, 6) is 0.0580. The molecule has 3 aromatic heterocycles. The van der Waals surface area contributed by atoms with Crippen LogP contribution in [0.1, 0.15) is 41.9 Å². The molecule has 0 N–H and O–H groups in total. The largest absolute Gasteiger partial charge is 0.373 e. The molecule has 7 nitrogen and oxygen atoms in total. The van der Waals surface area contributed by atoms with Gasteiger partial charge in [-0.15, -0.1) is 0 Å². The molecule has 0 amide bonds. The van der Waals surface area contributed by atoms with Crippen LogP contribution >= 0.6 is 11.6 Å². The lowest BCUT2D eigenvalue weighted by Gasteiger charge is -2.29. The third-order valence-electron chi connectivity index (χ3n) is 6.29. The molecule has 0 spiro atoms. The van der Waals surface area contributed by atoms with Gasteiger partial charge in [-0.3, -0.25) is 19.0 Å². The van der Waals surface area contributed by atoms with Gasteiger partial charge in [-0.1, -0.05) is 11.6 Å². The minimum Gasteiger partial charge on any atom is -0.373 e. The van der Waals surface area contributed by atoms with E-state index < -0.39 is 5.82 Å². The number of hydrogen-bond acceptors (Lipinski definition) is 5. The third kappa shape index (κ3) is 3.94. The van der Waals surface area contributed by atoms with Gasteiger partial charge in [0.15, 0.2) is 0 Å². The molecule has 170 valence electrons. The minimum atomic E-state index is -0.506. The van der Waals surface area contributed by atoms with E-state index in [4.69, 9.17) is 21.3 Å². The first-order valence-corrected chi connectivity index (χ1v) is 11.1. The Labute approximate surface area is 194 Å². The fourth-order valence-electron chi connectivity index (χ4n) is 4.38. The fourth-order valence-corrected chi connectivity index (χ4v) is 4.54. The number of ether oxygens (including phenoxy) is 1. The lowest BCUT2D eigenvalue weighted by atomic mass is 9.89. The van der Waals surface area contributed by atoms with Crippen molar-refractivity contribution in [3.05, 3.63) is 74.9 Å². The maximum absolute atomic E-state index is 14.9. The molecule has 9 heteroatoms. The molecule has 2 atom stereocenters. The summed E-state index contributed by atoms with van der Waals surface area (Å²) < 4.78 is 24.2. The van der Waals surface area contributed by atoms with E-state index in [-0.39, 0.29) is 23.1 Å². The number of hydrogen-bond donors (Lipinski definition) is 0. The Balaban J connectivity index is 1.67. The van der Waals surface area contributed by atoms with Crippen LogP contribution in [-0.2, 0) is 18.8 Å². The first kappa shape index (κ1) is 21.7. The quantitative estimate of drug-likeness (QED) is 0.444. The zero-order chi connectivity index (χ0) is 23.3. The van der Waals surface area contributed by atoms with Gasteiger partial charge < -0.3 is 4.74 Å². The van der Waals surface area contributed by atoms with E-state index in [1.807, 2.05) is 13.2 Å². The number of aryl methyl sites for hydroxylation is 2. The summed E-state index contributed by atoms with van der Waals surface area (Å²) in [6.07, 6.45) is 5.06. The van der Waals surface area contributed by atoms with Crippen LogP contribution < -0.4 is 5.56 Å². The van der Waals surface area contributed by atoms with Crippen LogP contribution in [0, 0.1) is 12.7 Å². The molecule has 4 aromatic rings. The number of benzene rings is 1. The summed E-state index contributed by atoms with van der Waals surface area (Å²) in [6, 6.07) is 6.25. The first-order chi connectivity index (χ1) is 15.8. The second kappa shape index (κ2) is 8.35. The Morgan fingerprint density at radius 2 is 2.03 bits per heavy atom. The number of halogens is 2. The van der Waals surface area contributed by atoms with Gasteiger partial charge in [0, 0.05) is 54.7 Å². The molecular formula is C24H23ClFN5O2. The van der Waals surface area contributed by atoms with E-state index in [9.17, 15) is 9.18 Å². The van der Waals surface area contributed by atoms with E-state index in [1.54, 1.807) is 43.0 Å². The summed E-state index contributed by atoms with van der Waals surface area (Å²) >= 11 is 5.97. The van der Waals surface area contributed by atoms with Crippen molar-refractivity contribution in [1.29, 1.82) is 0 Å². The Morgan fingerprint density at radius 3 is 2.76 bits per heavy atom. The number of nitrogens with zero attached hydrogens (tertiary/aromatic N) is 5. The monoisotopic (exact) mass is 467 g/mol. The zero-order valence-electron chi connectivity index (χ0n) is 18.5. The maximum atomic E-state index is 14.9. The Morgan fingerprint density at radius 1 is 1.21 bits per heavy atom. The topological polar surface area (TPSA) is 74.8 Å². The molecular weight excluding hydrogens is 445 g/mol. The van der Waals surface area contributed by atoms with Gasteiger partial charge in [-0.05, 0) is 44.0 Å². The van der Waals surface area contributed by atoms with Crippen molar-refractivity contribution in [2.75, 3.05) is 6.61 Å². The van der Waals surface area contributed by atoms with Crippen LogP contribution in [0.25, 0.3) is 22.2 Å². The van der Waals surface area contributed by atoms with Crippen molar-refractivity contribution < 1.29 is 9.13 Å². The molecule has 0 unspecified atom stereocenters. The number of rotatable bonds is 3. The van der Waals surface area contributed by atoms with Crippen LogP contribution in [0.2, 0.25) is 5.02 Å². The van der Waals surface area contributed by atoms with Crippen LogP contribution in [0.3, 0.4) is 0 Å². The Bertz CT molecular complexity index is 1430. The van der Waals surface area contributed by atoms with Crippen LogP contribution in [-0.4, -0.2) is 30.9 Å². The van der Waals surface area contributed by atoms with Crippen LogP contribution in [0.5, 0.6) is 0 Å². The maximum Gasteiger partial charge on any atom is 0.261 e. The first-order valence-electron chi connectivity index (χ1n) is 10.8. The third-order valence-corrected chi connectivity index (χ3v) is 6.53. The summed E-state index contributed by atoms with van der Waals surface area (Å²) in [5, 5.41) is 4.96. The smallest absolute Gasteiger partial charge is 0.261 e. The van der Waals surface area contributed by atoms with Crippen molar-refractivity contribution in [3.63, 3.8) is 0 Å². The lowest BCUT2D eigenvalue weighted by molar-refractivity contribution is 0.00464. The summed E-state index contributed by atoms with van der Waals surface area (Å²) in [6.45, 7) is 2.30. The normalized spacial score (nSPS) is 18.7. The standard InChI is InChI=1S/C24H23ClFN5O2/c1-13-28-23-18(24(32)31(13)3)10-20(29-22(23)17-5-4-16(25)9-19(17)26)14-6-7-33-21(8-14)15-11-27-30(2)12-15/h4-5,9-12,14,21H,6-8H2,1-3H3/t14-,21+/m0/s1. The van der Waals surface area contributed by atoms with Crippen molar-refractivity contribution >= 4 is 22.5 Å². The van der Waals surface area contributed by atoms with E-state index in [2.05, 4.69) is 10.1 Å². The van der Waals surface area contributed by atoms with Gasteiger partial charge in [0.1, 0.15) is 17.2 Å². The summed E-state index contributed by atoms with van der Waals surface area (Å²) in [4.78, 5) is 22.6. The molecule has 0 bridgehead atoms. The SMILES string of the molecule is Cc1nc2c(-c3ccc(Cl)cc3F)nc([C@H]3CCO[C@@H](c4cnn(C)c4)C3)cc2c(=O)n1C. The van der Waals surface area contributed by atoms with Crippen LogP contribution in [0.4, 0.5) is 4.39 Å². The predicted molar refractivity (Wildman–Crippen MR) is 124 cm³/mol. The molecule has 1 saturated heterocycles. The molecule has 0 aliphatic carbocycles. The van der Waals surface area contributed by atoms with Crippen molar-refractivity contribution in [2.24, 2.45) is 14.1 Å². The molecule has 33 heavy (non-hydrogen) atoms. The number of aromatic nitrogens is 5. The highest BCUT2D eigenvalue weighted by molar-refractivity contribution is 6.30. The minimum absolute atomic E-state index is 0.0356. The average Bonchev–Trinajstić information content (AvgIpc) is 3.24. The molecule has 1 fully saturated rings. The molecule has 1 aliphatic heterocycles. The highest BCUT2D eigenvalue weighted by atomic mass is 35.5. The van der Waals surface area contributed by atoms with E-state index in [0.717, 1.165) is 17.7 Å². The van der Waals surface area contributed by atoms with Crippen molar-refractivity contribution in [1.82, 2.24) is 24.3 Å². The van der Waals surface area contributed by atoms with Gasteiger partial charge in [0.25, 0.3) is 5.56 Å². The molecule has 0 radical (unpaired) electrons. The van der Waals surface area contributed by atoms with Gasteiger partial charge in [0.2, 0.25) is 0 Å². The van der Waals surface area contributed by atoms with E-state index >= 15 is 0 Å². The van der Waals surface area contributed by atoms with E-state index in [0.29, 0.717) is 40.5 Å². The Kier molecular flexibility index (Phi) is 5.50.